The molecule has 4 rings (SSSR count). The van der Waals surface area contributed by atoms with Crippen LogP contribution >= 0.6 is 0 Å². The zero-order chi connectivity index (χ0) is 22.6. The van der Waals surface area contributed by atoms with Gasteiger partial charge in [-0.25, -0.2) is 0 Å². The van der Waals surface area contributed by atoms with Gasteiger partial charge in [0.2, 0.25) is 0 Å². The highest BCUT2D eigenvalue weighted by molar-refractivity contribution is 5.86. The van der Waals surface area contributed by atoms with Crippen molar-refractivity contribution in [3.63, 3.8) is 0 Å². The molecule has 32 heavy (non-hydrogen) atoms. The van der Waals surface area contributed by atoms with E-state index in [9.17, 15) is 13.2 Å². The first-order valence-corrected chi connectivity index (χ1v) is 10.9. The van der Waals surface area contributed by atoms with Gasteiger partial charge in [-0.3, -0.25) is 0 Å². The van der Waals surface area contributed by atoms with Crippen molar-refractivity contribution in [1.82, 2.24) is 5.32 Å². The molecule has 0 aromatic heterocycles. The summed E-state index contributed by atoms with van der Waals surface area (Å²) in [5, 5.41) is 6.15. The molecular formula is C28H26F3N. The number of rotatable bonds is 7. The van der Waals surface area contributed by atoms with Crippen molar-refractivity contribution in [2.24, 2.45) is 0 Å². The van der Waals surface area contributed by atoms with E-state index in [0.717, 1.165) is 42.6 Å². The van der Waals surface area contributed by atoms with Crippen LogP contribution in [0.25, 0.3) is 21.9 Å². The monoisotopic (exact) mass is 433 g/mol. The first-order valence-electron chi connectivity index (χ1n) is 10.9. The molecule has 1 atom stereocenters. The van der Waals surface area contributed by atoms with Crippen LogP contribution in [0.4, 0.5) is 13.2 Å². The average molecular weight is 434 g/mol. The van der Waals surface area contributed by atoms with Gasteiger partial charge in [-0.1, -0.05) is 78.9 Å². The SMILES string of the molecule is C[C@@H](NCCCc1cccc(-c2ccc(C(F)(F)F)cc2)c1)c1cccc2ccccc12. The van der Waals surface area contributed by atoms with Gasteiger partial charge in [0.15, 0.2) is 0 Å². The highest BCUT2D eigenvalue weighted by Gasteiger charge is 2.29. The van der Waals surface area contributed by atoms with Crippen LogP contribution in [0.1, 0.15) is 36.1 Å². The normalized spacial score (nSPS) is 12.8. The maximum atomic E-state index is 12.8. The van der Waals surface area contributed by atoms with Crippen LogP contribution in [-0.2, 0) is 12.6 Å². The lowest BCUT2D eigenvalue weighted by Gasteiger charge is -2.16. The molecule has 0 aliphatic heterocycles. The molecule has 0 radical (unpaired) electrons. The van der Waals surface area contributed by atoms with E-state index >= 15 is 0 Å². The molecule has 4 heteroatoms. The Bertz CT molecular complexity index is 1170. The Kier molecular flexibility index (Phi) is 6.61. The van der Waals surface area contributed by atoms with Crippen molar-refractivity contribution in [2.45, 2.75) is 32.0 Å². The number of halogens is 3. The molecular weight excluding hydrogens is 407 g/mol. The predicted molar refractivity (Wildman–Crippen MR) is 126 cm³/mol. The summed E-state index contributed by atoms with van der Waals surface area (Å²) in [5.41, 5.74) is 3.59. The second-order valence-corrected chi connectivity index (χ2v) is 8.12. The number of alkyl halides is 3. The van der Waals surface area contributed by atoms with Crippen LogP contribution in [0, 0.1) is 0 Å². The van der Waals surface area contributed by atoms with E-state index in [2.05, 4.69) is 66.8 Å². The van der Waals surface area contributed by atoms with Crippen molar-refractivity contribution in [3.8, 4) is 11.1 Å². The van der Waals surface area contributed by atoms with Crippen LogP contribution in [0.15, 0.2) is 91.0 Å². The predicted octanol–water partition coefficient (Wildman–Crippen LogP) is 7.81. The van der Waals surface area contributed by atoms with Crippen molar-refractivity contribution in [1.29, 1.82) is 0 Å². The number of benzene rings is 4. The molecule has 0 spiro atoms. The number of aryl methyl sites for hydroxylation is 1. The van der Waals surface area contributed by atoms with Gasteiger partial charge >= 0.3 is 6.18 Å². The fourth-order valence-electron chi connectivity index (χ4n) is 4.11. The fourth-order valence-corrected chi connectivity index (χ4v) is 4.11. The largest absolute Gasteiger partial charge is 0.416 e. The lowest BCUT2D eigenvalue weighted by atomic mass is 9.99. The van der Waals surface area contributed by atoms with E-state index in [0.29, 0.717) is 0 Å². The summed E-state index contributed by atoms with van der Waals surface area (Å²) >= 11 is 0. The van der Waals surface area contributed by atoms with Crippen molar-refractivity contribution >= 4 is 10.8 Å². The summed E-state index contributed by atoms with van der Waals surface area (Å²) < 4.78 is 38.4. The minimum atomic E-state index is -4.31. The summed E-state index contributed by atoms with van der Waals surface area (Å²) in [7, 11) is 0. The van der Waals surface area contributed by atoms with Crippen LogP contribution < -0.4 is 5.32 Å². The summed E-state index contributed by atoms with van der Waals surface area (Å²) in [6, 6.07) is 28.5. The lowest BCUT2D eigenvalue weighted by molar-refractivity contribution is -0.137. The quantitative estimate of drug-likeness (QED) is 0.293. The summed E-state index contributed by atoms with van der Waals surface area (Å²) in [4.78, 5) is 0. The Morgan fingerprint density at radius 2 is 1.50 bits per heavy atom. The van der Waals surface area contributed by atoms with Gasteiger partial charge in [0.1, 0.15) is 0 Å². The maximum absolute atomic E-state index is 12.8. The fraction of sp³-hybridized carbons (Fsp3) is 0.214. The molecule has 0 unspecified atom stereocenters. The van der Waals surface area contributed by atoms with E-state index < -0.39 is 11.7 Å². The maximum Gasteiger partial charge on any atom is 0.416 e. The third-order valence-electron chi connectivity index (χ3n) is 5.86. The smallest absolute Gasteiger partial charge is 0.310 e. The van der Waals surface area contributed by atoms with Gasteiger partial charge in [-0.05, 0) is 71.5 Å². The second-order valence-electron chi connectivity index (χ2n) is 8.12. The molecule has 4 aromatic rings. The third-order valence-corrected chi connectivity index (χ3v) is 5.86. The Morgan fingerprint density at radius 1 is 0.781 bits per heavy atom. The Hall–Kier alpha value is -3.11. The van der Waals surface area contributed by atoms with E-state index in [1.54, 1.807) is 0 Å². The molecule has 1 N–H and O–H groups in total. The van der Waals surface area contributed by atoms with Crippen LogP contribution in [0.2, 0.25) is 0 Å². The topological polar surface area (TPSA) is 12.0 Å². The van der Waals surface area contributed by atoms with E-state index in [-0.39, 0.29) is 6.04 Å². The van der Waals surface area contributed by atoms with E-state index in [1.165, 1.54) is 34.0 Å². The first kappa shape index (κ1) is 22.1. The molecule has 0 amide bonds. The molecule has 0 aliphatic rings. The van der Waals surface area contributed by atoms with Gasteiger partial charge < -0.3 is 5.32 Å². The third kappa shape index (κ3) is 5.20. The number of hydrogen-bond acceptors (Lipinski definition) is 1. The Morgan fingerprint density at radius 3 is 2.28 bits per heavy atom. The summed E-state index contributed by atoms with van der Waals surface area (Å²) in [6.45, 7) is 3.07. The Labute approximate surface area is 186 Å². The molecule has 1 nitrogen and oxygen atoms in total. The summed E-state index contributed by atoms with van der Waals surface area (Å²) in [5.74, 6) is 0. The minimum Gasteiger partial charge on any atom is -0.310 e. The van der Waals surface area contributed by atoms with Gasteiger partial charge in [0, 0.05) is 6.04 Å². The van der Waals surface area contributed by atoms with Gasteiger partial charge in [-0.2, -0.15) is 13.2 Å². The van der Waals surface area contributed by atoms with E-state index in [4.69, 9.17) is 0 Å². The average Bonchev–Trinajstić information content (AvgIpc) is 2.81. The molecule has 0 saturated carbocycles. The van der Waals surface area contributed by atoms with Crippen LogP contribution in [0.3, 0.4) is 0 Å². The van der Waals surface area contributed by atoms with E-state index in [1.807, 2.05) is 12.1 Å². The standard InChI is InChI=1S/C28H26F3N/c1-20(26-13-5-10-23-9-2-3-12-27(23)26)32-18-6-8-21-7-4-11-24(19-21)22-14-16-25(17-15-22)28(29,30)31/h2-5,7,9-17,19-20,32H,6,8,18H2,1H3/t20-/m1/s1. The number of nitrogens with one attached hydrogen (secondary N) is 1. The van der Waals surface area contributed by atoms with Crippen LogP contribution in [0.5, 0.6) is 0 Å². The number of fused-ring (bicyclic) bond motifs is 1. The zero-order valence-corrected chi connectivity index (χ0v) is 18.0. The molecule has 4 aromatic carbocycles. The first-order chi connectivity index (χ1) is 15.4. The highest BCUT2D eigenvalue weighted by Crippen LogP contribution is 2.31. The molecule has 0 fully saturated rings. The molecule has 0 heterocycles. The van der Waals surface area contributed by atoms with Crippen LogP contribution in [-0.4, -0.2) is 6.54 Å². The second kappa shape index (κ2) is 9.58. The summed E-state index contributed by atoms with van der Waals surface area (Å²) in [6.07, 6.45) is -2.42. The zero-order valence-electron chi connectivity index (χ0n) is 18.0. The van der Waals surface area contributed by atoms with Crippen molar-refractivity contribution in [3.05, 3.63) is 108 Å². The lowest BCUT2D eigenvalue weighted by Crippen LogP contribution is -2.20. The van der Waals surface area contributed by atoms with Gasteiger partial charge in [0.25, 0.3) is 0 Å². The highest BCUT2D eigenvalue weighted by atomic mass is 19.4. The van der Waals surface area contributed by atoms with Gasteiger partial charge in [0.05, 0.1) is 5.56 Å². The molecule has 0 saturated heterocycles. The Balaban J connectivity index is 1.35. The molecule has 0 bridgehead atoms. The van der Waals surface area contributed by atoms with Crippen molar-refractivity contribution in [2.75, 3.05) is 6.54 Å². The molecule has 0 aliphatic carbocycles. The molecule has 164 valence electrons. The van der Waals surface area contributed by atoms with Gasteiger partial charge in [-0.15, -0.1) is 0 Å². The minimum absolute atomic E-state index is 0.250. The van der Waals surface area contributed by atoms with Crippen molar-refractivity contribution < 1.29 is 13.2 Å². The number of hydrogen-bond donors (Lipinski definition) is 1.